The lowest BCUT2D eigenvalue weighted by atomic mass is 9.82. The van der Waals surface area contributed by atoms with Gasteiger partial charge in [-0.1, -0.05) is 32.1 Å². The summed E-state index contributed by atoms with van der Waals surface area (Å²) >= 11 is 5.16. The van der Waals surface area contributed by atoms with E-state index < -0.39 is 0 Å². The van der Waals surface area contributed by atoms with Gasteiger partial charge in [0.15, 0.2) is 0 Å². The number of hydrogen-bond acceptors (Lipinski definition) is 2. The monoisotopic (exact) mass is 262 g/mol. The number of piperidine rings is 1. The number of hydrogen-bond donors (Lipinski definition) is 1. The summed E-state index contributed by atoms with van der Waals surface area (Å²) in [7, 11) is 0. The molecule has 0 aromatic heterocycles. The van der Waals surface area contributed by atoms with Crippen LogP contribution in [0.4, 0.5) is 5.69 Å². The number of aryl methyl sites for hydroxylation is 1. The Morgan fingerprint density at radius 3 is 2.44 bits per heavy atom. The first-order valence-electron chi connectivity index (χ1n) is 6.54. The van der Waals surface area contributed by atoms with E-state index in [2.05, 4.69) is 37.8 Å². The van der Waals surface area contributed by atoms with Crippen LogP contribution < -0.4 is 10.6 Å². The van der Waals surface area contributed by atoms with E-state index >= 15 is 0 Å². The molecular formula is C15H22N2S. The highest BCUT2D eigenvalue weighted by molar-refractivity contribution is 7.80. The smallest absolute Gasteiger partial charge is 0.106 e. The van der Waals surface area contributed by atoms with Crippen molar-refractivity contribution in [2.45, 2.75) is 33.6 Å². The Bertz CT molecular complexity index is 456. The van der Waals surface area contributed by atoms with Crippen LogP contribution in [0, 0.1) is 12.3 Å². The normalized spacial score (nSPS) is 18.7. The predicted molar refractivity (Wildman–Crippen MR) is 82.3 cm³/mol. The van der Waals surface area contributed by atoms with Crippen LogP contribution in [0.15, 0.2) is 18.2 Å². The van der Waals surface area contributed by atoms with E-state index in [1.54, 1.807) is 0 Å². The Hall–Kier alpha value is -1.09. The maximum absolute atomic E-state index is 5.83. The first-order chi connectivity index (χ1) is 8.39. The summed E-state index contributed by atoms with van der Waals surface area (Å²) in [5, 5.41) is 0. The fourth-order valence-corrected chi connectivity index (χ4v) is 2.64. The van der Waals surface area contributed by atoms with Crippen molar-refractivity contribution in [3.63, 3.8) is 0 Å². The third-order valence-corrected chi connectivity index (χ3v) is 4.10. The van der Waals surface area contributed by atoms with Crippen molar-refractivity contribution in [1.29, 1.82) is 0 Å². The zero-order chi connectivity index (χ0) is 13.3. The molecule has 1 heterocycles. The van der Waals surface area contributed by atoms with Gasteiger partial charge in [0.25, 0.3) is 0 Å². The molecule has 2 N–H and O–H groups in total. The molecule has 0 atom stereocenters. The van der Waals surface area contributed by atoms with Crippen molar-refractivity contribution in [2.75, 3.05) is 18.0 Å². The largest absolute Gasteiger partial charge is 0.389 e. The predicted octanol–water partition coefficient (Wildman–Crippen LogP) is 3.26. The molecule has 18 heavy (non-hydrogen) atoms. The van der Waals surface area contributed by atoms with Gasteiger partial charge in [-0.3, -0.25) is 0 Å². The standard InChI is InChI=1S/C15H22N2S/c1-11-4-5-12(14(16)18)13(10-11)17-8-6-15(2,3)7-9-17/h4-5,10H,6-9H2,1-3H3,(H2,16,18). The van der Waals surface area contributed by atoms with E-state index in [1.165, 1.54) is 24.1 Å². The summed E-state index contributed by atoms with van der Waals surface area (Å²) in [5.74, 6) is 0. The first kappa shape index (κ1) is 13.3. The van der Waals surface area contributed by atoms with Crippen LogP contribution in [-0.2, 0) is 0 Å². The molecule has 1 aliphatic rings. The van der Waals surface area contributed by atoms with Crippen LogP contribution in [0.5, 0.6) is 0 Å². The highest BCUT2D eigenvalue weighted by Crippen LogP contribution is 2.33. The van der Waals surface area contributed by atoms with Crippen LogP contribution in [0.2, 0.25) is 0 Å². The number of nitrogens with two attached hydrogens (primary N) is 1. The molecule has 0 saturated carbocycles. The molecule has 1 saturated heterocycles. The zero-order valence-electron chi connectivity index (χ0n) is 11.5. The second kappa shape index (κ2) is 4.88. The van der Waals surface area contributed by atoms with Gasteiger partial charge in [0.05, 0.1) is 0 Å². The van der Waals surface area contributed by atoms with E-state index in [0.717, 1.165) is 18.7 Å². The Labute approximate surface area is 115 Å². The summed E-state index contributed by atoms with van der Waals surface area (Å²) in [6.45, 7) is 8.98. The molecule has 0 radical (unpaired) electrons. The van der Waals surface area contributed by atoms with Gasteiger partial charge >= 0.3 is 0 Å². The first-order valence-corrected chi connectivity index (χ1v) is 6.95. The van der Waals surface area contributed by atoms with Crippen molar-refractivity contribution in [3.8, 4) is 0 Å². The molecule has 0 unspecified atom stereocenters. The van der Waals surface area contributed by atoms with Crippen molar-refractivity contribution >= 4 is 22.9 Å². The third kappa shape index (κ3) is 2.83. The molecular weight excluding hydrogens is 240 g/mol. The maximum Gasteiger partial charge on any atom is 0.106 e. The topological polar surface area (TPSA) is 29.3 Å². The van der Waals surface area contributed by atoms with E-state index in [9.17, 15) is 0 Å². The lowest BCUT2D eigenvalue weighted by Gasteiger charge is -2.39. The lowest BCUT2D eigenvalue weighted by Crippen LogP contribution is -2.38. The Balaban J connectivity index is 2.28. The summed E-state index contributed by atoms with van der Waals surface area (Å²) in [4.78, 5) is 2.92. The summed E-state index contributed by atoms with van der Waals surface area (Å²) in [6, 6.07) is 6.32. The van der Waals surface area contributed by atoms with Gasteiger partial charge in [-0.2, -0.15) is 0 Å². The van der Waals surface area contributed by atoms with Gasteiger partial charge < -0.3 is 10.6 Å². The number of benzene rings is 1. The van der Waals surface area contributed by atoms with E-state index in [4.69, 9.17) is 18.0 Å². The van der Waals surface area contributed by atoms with Gasteiger partial charge in [0.1, 0.15) is 4.99 Å². The van der Waals surface area contributed by atoms with Crippen LogP contribution in [0.25, 0.3) is 0 Å². The van der Waals surface area contributed by atoms with Crippen molar-refractivity contribution in [1.82, 2.24) is 0 Å². The molecule has 98 valence electrons. The Morgan fingerprint density at radius 2 is 1.89 bits per heavy atom. The Kier molecular flexibility index (Phi) is 3.62. The molecule has 2 nitrogen and oxygen atoms in total. The molecule has 0 amide bonds. The Morgan fingerprint density at radius 1 is 1.28 bits per heavy atom. The second-order valence-electron chi connectivity index (χ2n) is 6.04. The maximum atomic E-state index is 5.83. The SMILES string of the molecule is Cc1ccc(C(N)=S)c(N2CCC(C)(C)CC2)c1. The van der Waals surface area contributed by atoms with Gasteiger partial charge in [-0.05, 0) is 42.9 Å². The molecule has 0 spiro atoms. The highest BCUT2D eigenvalue weighted by Gasteiger charge is 2.26. The van der Waals surface area contributed by atoms with Crippen LogP contribution >= 0.6 is 12.2 Å². The van der Waals surface area contributed by atoms with Crippen LogP contribution in [-0.4, -0.2) is 18.1 Å². The number of rotatable bonds is 2. The van der Waals surface area contributed by atoms with Crippen molar-refractivity contribution < 1.29 is 0 Å². The molecule has 1 fully saturated rings. The molecule has 2 rings (SSSR count). The van der Waals surface area contributed by atoms with Gasteiger partial charge in [-0.15, -0.1) is 0 Å². The third-order valence-electron chi connectivity index (χ3n) is 3.88. The lowest BCUT2D eigenvalue weighted by molar-refractivity contribution is 0.280. The van der Waals surface area contributed by atoms with E-state index in [1.807, 2.05) is 6.07 Å². The van der Waals surface area contributed by atoms with Crippen LogP contribution in [0.3, 0.4) is 0 Å². The number of nitrogens with zero attached hydrogens (tertiary/aromatic N) is 1. The summed E-state index contributed by atoms with van der Waals surface area (Å²) in [5.41, 5.74) is 9.77. The summed E-state index contributed by atoms with van der Waals surface area (Å²) in [6.07, 6.45) is 2.44. The van der Waals surface area contributed by atoms with Crippen molar-refractivity contribution in [2.24, 2.45) is 11.1 Å². The van der Waals surface area contributed by atoms with Gasteiger partial charge in [0.2, 0.25) is 0 Å². The minimum atomic E-state index is 0.462. The van der Waals surface area contributed by atoms with Gasteiger partial charge in [-0.25, -0.2) is 0 Å². The molecule has 1 aromatic carbocycles. The quantitative estimate of drug-likeness (QED) is 0.830. The minimum Gasteiger partial charge on any atom is -0.389 e. The fourth-order valence-electron chi connectivity index (χ4n) is 2.46. The second-order valence-corrected chi connectivity index (χ2v) is 6.48. The minimum absolute atomic E-state index is 0.462. The van der Waals surface area contributed by atoms with Crippen LogP contribution in [0.1, 0.15) is 37.8 Å². The molecule has 0 bridgehead atoms. The molecule has 1 aliphatic heterocycles. The molecule has 0 aliphatic carbocycles. The molecule has 3 heteroatoms. The summed E-state index contributed by atoms with van der Waals surface area (Å²) < 4.78 is 0. The average Bonchev–Trinajstić information content (AvgIpc) is 2.28. The van der Waals surface area contributed by atoms with E-state index in [0.29, 0.717) is 10.4 Å². The average molecular weight is 262 g/mol. The van der Waals surface area contributed by atoms with Gasteiger partial charge in [0, 0.05) is 24.3 Å². The highest BCUT2D eigenvalue weighted by atomic mass is 32.1. The number of anilines is 1. The zero-order valence-corrected chi connectivity index (χ0v) is 12.3. The molecule has 1 aromatic rings. The fraction of sp³-hybridized carbons (Fsp3) is 0.533. The van der Waals surface area contributed by atoms with Crippen molar-refractivity contribution in [3.05, 3.63) is 29.3 Å². The van der Waals surface area contributed by atoms with E-state index in [-0.39, 0.29) is 0 Å². The number of thiocarbonyl (C=S) groups is 1.